The average Bonchev–Trinajstić information content (AvgIpc) is 2.72. The average molecular weight is 259 g/mol. The van der Waals surface area contributed by atoms with E-state index in [1.165, 1.54) is 0 Å². The van der Waals surface area contributed by atoms with Crippen LogP contribution in [0.25, 0.3) is 0 Å². The lowest BCUT2D eigenvalue weighted by molar-refractivity contribution is -0.140. The number of carboxylic acid groups (broad SMARTS) is 1. The van der Waals surface area contributed by atoms with Crippen LogP contribution in [-0.4, -0.2) is 77.9 Å². The molecular weight excluding hydrogens is 238 g/mol. The van der Waals surface area contributed by atoms with Crippen molar-refractivity contribution in [2.45, 2.75) is 24.9 Å². The Hall–Kier alpha value is -1.34. The van der Waals surface area contributed by atoms with Gasteiger partial charge in [0, 0.05) is 19.1 Å². The maximum absolute atomic E-state index is 11.9. The number of carbonyl (C=O) groups is 2. The van der Waals surface area contributed by atoms with Crippen LogP contribution in [-0.2, 0) is 4.79 Å². The minimum Gasteiger partial charge on any atom is -0.480 e. The summed E-state index contributed by atoms with van der Waals surface area (Å²) in [5.41, 5.74) is 0. The van der Waals surface area contributed by atoms with Crippen LogP contribution in [0.15, 0.2) is 0 Å². The summed E-state index contributed by atoms with van der Waals surface area (Å²) in [5, 5.41) is 20.0. The first kappa shape index (κ1) is 14.7. The molecule has 104 valence electrons. The molecule has 0 bridgehead atoms. The van der Waals surface area contributed by atoms with Crippen molar-refractivity contribution in [1.82, 2.24) is 15.1 Å². The summed E-state index contributed by atoms with van der Waals surface area (Å²) in [6.07, 6.45) is 1.84. The highest BCUT2D eigenvalue weighted by Crippen LogP contribution is 2.17. The van der Waals surface area contributed by atoms with Gasteiger partial charge in [0.05, 0.1) is 6.61 Å². The molecule has 0 spiro atoms. The number of hydrogen-bond donors (Lipinski definition) is 3. The van der Waals surface area contributed by atoms with E-state index in [0.29, 0.717) is 6.54 Å². The molecule has 7 nitrogen and oxygen atoms in total. The summed E-state index contributed by atoms with van der Waals surface area (Å²) in [4.78, 5) is 26.3. The molecule has 1 aliphatic rings. The number of aliphatic hydroxyl groups excluding tert-OH is 1. The van der Waals surface area contributed by atoms with Gasteiger partial charge < -0.3 is 25.3 Å². The van der Waals surface area contributed by atoms with Crippen molar-refractivity contribution in [3.63, 3.8) is 0 Å². The number of likely N-dealkylation sites (N-methyl/N-ethyl adjacent to an activating group) is 1. The Morgan fingerprint density at radius 1 is 1.50 bits per heavy atom. The lowest BCUT2D eigenvalue weighted by atomic mass is 10.2. The van der Waals surface area contributed by atoms with E-state index in [4.69, 9.17) is 10.2 Å². The van der Waals surface area contributed by atoms with Gasteiger partial charge in [0.25, 0.3) is 0 Å². The molecule has 1 saturated heterocycles. The van der Waals surface area contributed by atoms with Gasteiger partial charge in [-0.15, -0.1) is 0 Å². The summed E-state index contributed by atoms with van der Waals surface area (Å²) in [6, 6.07) is -1.55. The van der Waals surface area contributed by atoms with Crippen molar-refractivity contribution in [3.8, 4) is 0 Å². The highest BCUT2D eigenvalue weighted by Gasteiger charge is 2.31. The second kappa shape index (κ2) is 6.55. The Morgan fingerprint density at radius 2 is 2.17 bits per heavy atom. The Bertz CT molecular complexity index is 309. The predicted octanol–water partition coefficient (Wildman–Crippen LogP) is -0.832. The Labute approximate surface area is 106 Å². The number of rotatable bonds is 5. The normalized spacial score (nSPS) is 21.1. The molecule has 1 aliphatic heterocycles. The Morgan fingerprint density at radius 3 is 2.67 bits per heavy atom. The molecule has 0 radical (unpaired) electrons. The summed E-state index contributed by atoms with van der Waals surface area (Å²) in [5.74, 6) is -1.23. The van der Waals surface area contributed by atoms with Gasteiger partial charge in [0.15, 0.2) is 6.04 Å². The minimum absolute atomic E-state index is 0.105. The van der Waals surface area contributed by atoms with Crippen molar-refractivity contribution in [3.05, 3.63) is 0 Å². The van der Waals surface area contributed by atoms with Gasteiger partial charge in [0.2, 0.25) is 0 Å². The fourth-order valence-corrected chi connectivity index (χ4v) is 2.13. The van der Waals surface area contributed by atoms with E-state index in [-0.39, 0.29) is 6.04 Å². The Balaban J connectivity index is 2.57. The molecule has 0 aromatic carbocycles. The van der Waals surface area contributed by atoms with Gasteiger partial charge in [-0.25, -0.2) is 9.59 Å². The quantitative estimate of drug-likeness (QED) is 0.599. The number of aliphatic carboxylic acids is 1. The van der Waals surface area contributed by atoms with Crippen LogP contribution in [0, 0.1) is 0 Å². The maximum atomic E-state index is 11.9. The summed E-state index contributed by atoms with van der Waals surface area (Å²) in [7, 11) is 3.87. The van der Waals surface area contributed by atoms with Crippen LogP contribution < -0.4 is 5.32 Å². The fraction of sp³-hybridized carbons (Fsp3) is 0.818. The number of likely N-dealkylation sites (tertiary alicyclic amines) is 1. The first-order valence-corrected chi connectivity index (χ1v) is 6.01. The second-order valence-corrected chi connectivity index (χ2v) is 4.77. The predicted molar refractivity (Wildman–Crippen MR) is 65.3 cm³/mol. The van der Waals surface area contributed by atoms with E-state index < -0.39 is 24.6 Å². The van der Waals surface area contributed by atoms with Gasteiger partial charge in [-0.3, -0.25) is 0 Å². The van der Waals surface area contributed by atoms with E-state index in [1.54, 1.807) is 4.90 Å². The number of amides is 2. The minimum atomic E-state index is -1.24. The molecule has 0 aromatic rings. The molecule has 18 heavy (non-hydrogen) atoms. The zero-order chi connectivity index (χ0) is 13.7. The third-order valence-corrected chi connectivity index (χ3v) is 2.99. The number of carbonyl (C=O) groups excluding carboxylic acids is 1. The molecule has 0 saturated carbocycles. The summed E-state index contributed by atoms with van der Waals surface area (Å²) < 4.78 is 0. The van der Waals surface area contributed by atoms with Crippen molar-refractivity contribution in [1.29, 1.82) is 0 Å². The van der Waals surface area contributed by atoms with Crippen LogP contribution in [0.4, 0.5) is 4.79 Å². The van der Waals surface area contributed by atoms with E-state index in [0.717, 1.165) is 19.4 Å². The number of carboxylic acids is 1. The Kier molecular flexibility index (Phi) is 5.36. The third-order valence-electron chi connectivity index (χ3n) is 2.99. The summed E-state index contributed by atoms with van der Waals surface area (Å²) >= 11 is 0. The van der Waals surface area contributed by atoms with E-state index in [9.17, 15) is 9.59 Å². The highest BCUT2D eigenvalue weighted by atomic mass is 16.4. The molecule has 1 fully saturated rings. The van der Waals surface area contributed by atoms with Crippen molar-refractivity contribution in [2.24, 2.45) is 0 Å². The molecule has 2 atom stereocenters. The van der Waals surface area contributed by atoms with Crippen LogP contribution in [0.5, 0.6) is 0 Å². The van der Waals surface area contributed by atoms with Gasteiger partial charge in [-0.1, -0.05) is 0 Å². The van der Waals surface area contributed by atoms with Crippen LogP contribution >= 0.6 is 0 Å². The van der Waals surface area contributed by atoms with Crippen LogP contribution in [0.2, 0.25) is 0 Å². The van der Waals surface area contributed by atoms with Gasteiger partial charge in [-0.05, 0) is 26.9 Å². The number of nitrogens with zero attached hydrogens (tertiary/aromatic N) is 2. The third kappa shape index (κ3) is 3.85. The topological polar surface area (TPSA) is 93.1 Å². The first-order chi connectivity index (χ1) is 8.45. The number of nitrogens with one attached hydrogen (secondary N) is 1. The molecule has 1 unspecified atom stereocenters. The zero-order valence-corrected chi connectivity index (χ0v) is 10.8. The fourth-order valence-electron chi connectivity index (χ4n) is 2.13. The van der Waals surface area contributed by atoms with E-state index >= 15 is 0 Å². The van der Waals surface area contributed by atoms with Gasteiger partial charge >= 0.3 is 12.0 Å². The molecule has 1 heterocycles. The van der Waals surface area contributed by atoms with Gasteiger partial charge in [-0.2, -0.15) is 0 Å². The van der Waals surface area contributed by atoms with Crippen molar-refractivity contribution >= 4 is 12.0 Å². The lowest BCUT2D eigenvalue weighted by Crippen LogP contribution is -2.52. The molecular formula is C11H21N3O4. The number of hydrogen-bond acceptors (Lipinski definition) is 4. The first-order valence-electron chi connectivity index (χ1n) is 6.01. The molecule has 1 rings (SSSR count). The van der Waals surface area contributed by atoms with E-state index in [2.05, 4.69) is 5.32 Å². The maximum Gasteiger partial charge on any atom is 0.328 e. The smallest absolute Gasteiger partial charge is 0.328 e. The molecule has 2 amide bonds. The molecule has 0 aromatic heterocycles. The lowest BCUT2D eigenvalue weighted by Gasteiger charge is -2.28. The molecule has 0 aliphatic carbocycles. The summed E-state index contributed by atoms with van der Waals surface area (Å²) in [6.45, 7) is 0.777. The second-order valence-electron chi connectivity index (χ2n) is 4.77. The molecule has 3 N–H and O–H groups in total. The van der Waals surface area contributed by atoms with Crippen molar-refractivity contribution < 1.29 is 19.8 Å². The standard InChI is InChI=1S/C11H21N3O4/c1-13(2)6-8-4-3-5-14(8)11(18)12-9(7-15)10(16)17/h8-9,15H,3-7H2,1-2H3,(H,12,18)(H,16,17)/t8?,9-/m1/s1. The van der Waals surface area contributed by atoms with Gasteiger partial charge in [0.1, 0.15) is 0 Å². The van der Waals surface area contributed by atoms with Crippen LogP contribution in [0.1, 0.15) is 12.8 Å². The van der Waals surface area contributed by atoms with Crippen LogP contribution in [0.3, 0.4) is 0 Å². The molecule has 7 heteroatoms. The van der Waals surface area contributed by atoms with Crippen molar-refractivity contribution in [2.75, 3.05) is 33.8 Å². The zero-order valence-electron chi connectivity index (χ0n) is 10.8. The highest BCUT2D eigenvalue weighted by molar-refractivity contribution is 5.83. The largest absolute Gasteiger partial charge is 0.480 e. The monoisotopic (exact) mass is 259 g/mol. The number of aliphatic hydroxyl groups is 1. The SMILES string of the molecule is CN(C)CC1CCCN1C(=O)N[C@H](CO)C(=O)O. The number of urea groups is 1. The van der Waals surface area contributed by atoms with E-state index in [1.807, 2.05) is 19.0 Å².